The number of ether oxygens (including phenoxy) is 5. The third-order valence-corrected chi connectivity index (χ3v) is 4.97. The molecule has 8 N–H and O–H groups in total. The highest BCUT2D eigenvalue weighted by atomic mass is 16.7. The topological polar surface area (TPSA) is 225 Å². The molecule has 3 aliphatic rings. The molecule has 0 aromatic carbocycles. The maximum atomic E-state index is 10.9. The third kappa shape index (κ3) is 4.53. The molecular formula is C15H24O14. The molecule has 3 heterocycles. The minimum atomic E-state index is -1.71. The van der Waals surface area contributed by atoms with Gasteiger partial charge in [0.15, 0.2) is 25.0 Å². The molecule has 3 rings (SSSR count). The lowest BCUT2D eigenvalue weighted by Crippen LogP contribution is -2.39. The van der Waals surface area contributed by atoms with Crippen molar-refractivity contribution in [1.82, 2.24) is 0 Å². The zero-order chi connectivity index (χ0) is 21.5. The summed E-state index contributed by atoms with van der Waals surface area (Å²) in [6.45, 7) is -0.826. The fourth-order valence-corrected chi connectivity index (χ4v) is 3.22. The van der Waals surface area contributed by atoms with Crippen LogP contribution in [0.25, 0.3) is 0 Å². The van der Waals surface area contributed by atoms with Gasteiger partial charge in [0, 0.05) is 0 Å². The molecule has 0 bridgehead atoms. The lowest BCUT2D eigenvalue weighted by molar-refractivity contribution is -0.216. The van der Waals surface area contributed by atoms with Crippen molar-refractivity contribution in [2.45, 2.75) is 73.8 Å². The van der Waals surface area contributed by atoms with E-state index in [1.54, 1.807) is 0 Å². The van der Waals surface area contributed by atoms with E-state index in [1.165, 1.54) is 0 Å². The van der Waals surface area contributed by atoms with E-state index in [0.717, 1.165) is 0 Å². The van der Waals surface area contributed by atoms with Gasteiger partial charge < -0.3 is 64.5 Å². The second kappa shape index (κ2) is 9.01. The monoisotopic (exact) mass is 428 g/mol. The molecule has 14 heteroatoms. The summed E-state index contributed by atoms with van der Waals surface area (Å²) in [5.74, 6) is -1.49. The molecule has 14 nitrogen and oxygen atoms in total. The molecule has 0 aliphatic carbocycles. The lowest BCUT2D eigenvalue weighted by atomic mass is 10.1. The Labute approximate surface area is 163 Å². The van der Waals surface area contributed by atoms with Crippen LogP contribution in [0.15, 0.2) is 0 Å². The van der Waals surface area contributed by atoms with Crippen LogP contribution in [0.2, 0.25) is 0 Å². The van der Waals surface area contributed by atoms with Gasteiger partial charge in [0.05, 0.1) is 13.2 Å². The molecule has 29 heavy (non-hydrogen) atoms. The Kier molecular flexibility index (Phi) is 7.04. The van der Waals surface area contributed by atoms with Crippen LogP contribution in [-0.4, -0.2) is 134 Å². The quantitative estimate of drug-likeness (QED) is 0.189. The lowest BCUT2D eigenvalue weighted by Gasteiger charge is -2.20. The summed E-state index contributed by atoms with van der Waals surface area (Å²) in [6, 6.07) is 0. The zero-order valence-corrected chi connectivity index (χ0v) is 14.9. The Bertz CT molecular complexity index is 575. The molecule has 0 saturated carbocycles. The van der Waals surface area contributed by atoms with Gasteiger partial charge >= 0.3 is 5.97 Å². The first-order valence-electron chi connectivity index (χ1n) is 8.80. The first-order chi connectivity index (χ1) is 13.6. The highest BCUT2D eigenvalue weighted by molar-refractivity contribution is 5.73. The summed E-state index contributed by atoms with van der Waals surface area (Å²) >= 11 is 0. The molecule has 0 spiro atoms. The number of aliphatic carboxylic acids is 1. The number of rotatable bonds is 7. The van der Waals surface area contributed by atoms with E-state index in [4.69, 9.17) is 28.8 Å². The average molecular weight is 428 g/mol. The summed E-state index contributed by atoms with van der Waals surface area (Å²) in [4.78, 5) is 10.9. The van der Waals surface area contributed by atoms with E-state index in [0.29, 0.717) is 0 Å². The van der Waals surface area contributed by atoms with Gasteiger partial charge in [-0.05, 0) is 0 Å². The Morgan fingerprint density at radius 2 is 1.14 bits per heavy atom. The molecule has 0 amide bonds. The van der Waals surface area contributed by atoms with Crippen LogP contribution >= 0.6 is 0 Å². The van der Waals surface area contributed by atoms with Crippen LogP contribution < -0.4 is 0 Å². The standard InChI is InChI=1S/C15H24O14/c16-5-3(27-13(24)8(5)19)1-25-14-9(20)6(17)4(28-14)2-26-15-10(21)7(18)11(29-15)12(22)23/h3-11,13-21,24H,1-2H2,(H,22,23)/t3-,4-,5-,6-,7+,8-,9-,10-,11+,13-,14+,15-/m1/s1. The number of hydrogen-bond donors (Lipinski definition) is 8. The van der Waals surface area contributed by atoms with E-state index in [1.807, 2.05) is 0 Å². The molecule has 0 aromatic rings. The Morgan fingerprint density at radius 1 is 0.655 bits per heavy atom. The zero-order valence-electron chi connectivity index (χ0n) is 14.9. The van der Waals surface area contributed by atoms with E-state index >= 15 is 0 Å². The Hall–Kier alpha value is -1.01. The first-order valence-corrected chi connectivity index (χ1v) is 8.80. The fourth-order valence-electron chi connectivity index (χ4n) is 3.22. The predicted octanol–water partition coefficient (Wildman–Crippen LogP) is -5.56. The second-order valence-electron chi connectivity index (χ2n) is 6.98. The van der Waals surface area contributed by atoms with Crippen molar-refractivity contribution in [2.24, 2.45) is 0 Å². The highest BCUT2D eigenvalue weighted by Gasteiger charge is 2.50. The van der Waals surface area contributed by atoms with Gasteiger partial charge in [-0.3, -0.25) is 0 Å². The summed E-state index contributed by atoms with van der Waals surface area (Å²) in [5, 5.41) is 76.8. The van der Waals surface area contributed by atoms with Crippen molar-refractivity contribution >= 4 is 5.97 Å². The maximum Gasteiger partial charge on any atom is 0.335 e. The van der Waals surface area contributed by atoms with Gasteiger partial charge in [0.25, 0.3) is 0 Å². The molecule has 3 saturated heterocycles. The van der Waals surface area contributed by atoms with Gasteiger partial charge in [-0.15, -0.1) is 0 Å². The van der Waals surface area contributed by atoms with E-state index in [-0.39, 0.29) is 6.61 Å². The van der Waals surface area contributed by atoms with Crippen molar-refractivity contribution in [3.05, 3.63) is 0 Å². The highest BCUT2D eigenvalue weighted by Crippen LogP contribution is 2.27. The normalized spacial score (nSPS) is 50.3. The Morgan fingerprint density at radius 3 is 1.62 bits per heavy atom. The van der Waals surface area contributed by atoms with Crippen LogP contribution in [0, 0.1) is 0 Å². The van der Waals surface area contributed by atoms with Crippen LogP contribution in [0.5, 0.6) is 0 Å². The van der Waals surface area contributed by atoms with Crippen LogP contribution in [0.3, 0.4) is 0 Å². The molecule has 0 aromatic heterocycles. The number of carboxylic acid groups (broad SMARTS) is 1. The maximum absolute atomic E-state index is 10.9. The van der Waals surface area contributed by atoms with E-state index in [2.05, 4.69) is 0 Å². The van der Waals surface area contributed by atoms with Gasteiger partial charge in [-0.1, -0.05) is 0 Å². The number of hydrogen-bond acceptors (Lipinski definition) is 13. The number of carbonyl (C=O) groups is 1. The third-order valence-electron chi connectivity index (χ3n) is 4.97. The summed E-state index contributed by atoms with van der Waals surface area (Å²) < 4.78 is 25.5. The molecule has 168 valence electrons. The average Bonchev–Trinajstić information content (AvgIpc) is 3.21. The van der Waals surface area contributed by atoms with Crippen molar-refractivity contribution in [1.29, 1.82) is 0 Å². The second-order valence-corrected chi connectivity index (χ2v) is 6.98. The van der Waals surface area contributed by atoms with E-state index in [9.17, 15) is 40.5 Å². The number of carboxylic acids is 1. The minimum absolute atomic E-state index is 0.381. The van der Waals surface area contributed by atoms with E-state index < -0.39 is 86.4 Å². The summed E-state index contributed by atoms with van der Waals surface area (Å²) in [6.07, 6.45) is -17.7. The number of aliphatic hydroxyl groups excluding tert-OH is 7. The molecule has 0 unspecified atom stereocenters. The smallest absolute Gasteiger partial charge is 0.335 e. The molecule has 3 fully saturated rings. The van der Waals surface area contributed by atoms with Gasteiger partial charge in [0.1, 0.15) is 48.8 Å². The first kappa shape index (κ1) is 22.7. The van der Waals surface area contributed by atoms with Gasteiger partial charge in [0.2, 0.25) is 0 Å². The molecular weight excluding hydrogens is 404 g/mol. The summed E-state index contributed by atoms with van der Waals surface area (Å²) in [5.41, 5.74) is 0. The van der Waals surface area contributed by atoms with Crippen LogP contribution in [-0.2, 0) is 28.5 Å². The summed E-state index contributed by atoms with van der Waals surface area (Å²) in [7, 11) is 0. The molecule has 0 radical (unpaired) electrons. The van der Waals surface area contributed by atoms with Crippen molar-refractivity contribution in [3.8, 4) is 0 Å². The van der Waals surface area contributed by atoms with Gasteiger partial charge in [-0.25, -0.2) is 4.79 Å². The minimum Gasteiger partial charge on any atom is -0.479 e. The Balaban J connectivity index is 1.48. The fraction of sp³-hybridized carbons (Fsp3) is 0.933. The largest absolute Gasteiger partial charge is 0.479 e. The number of aliphatic hydroxyl groups is 7. The van der Waals surface area contributed by atoms with Gasteiger partial charge in [-0.2, -0.15) is 0 Å². The van der Waals surface area contributed by atoms with Crippen molar-refractivity contribution in [2.75, 3.05) is 13.2 Å². The SMILES string of the molecule is O=C(O)[C@H]1O[C@@H](OC[C@H]2O[C@H](OC[C@H]3O[C@@H](O)[C@H](O)[C@@H]3O)[C@H](O)[C@@H]2O)[C@H](O)[C@@H]1O. The van der Waals surface area contributed by atoms with Crippen LogP contribution in [0.4, 0.5) is 0 Å². The predicted molar refractivity (Wildman–Crippen MR) is 83.8 cm³/mol. The van der Waals surface area contributed by atoms with Crippen molar-refractivity contribution < 1.29 is 69.3 Å². The molecule has 3 aliphatic heterocycles. The molecule has 12 atom stereocenters. The van der Waals surface area contributed by atoms with Crippen LogP contribution in [0.1, 0.15) is 0 Å². The van der Waals surface area contributed by atoms with Crippen molar-refractivity contribution in [3.63, 3.8) is 0 Å².